The molecule has 1 aliphatic heterocycles. The highest BCUT2D eigenvalue weighted by molar-refractivity contribution is 7.91. The average Bonchev–Trinajstić information content (AvgIpc) is 3.18. The summed E-state index contributed by atoms with van der Waals surface area (Å²) in [5.74, 6) is -0.843. The summed E-state index contributed by atoms with van der Waals surface area (Å²) in [4.78, 5) is 0.117. The maximum Gasteiger partial charge on any atom is 0.573 e. The van der Waals surface area contributed by atoms with Crippen LogP contribution in [0.4, 0.5) is 17.6 Å². The molecular weight excluding hydrogens is 514 g/mol. The molecular formula is C25H23F4N3O4S. The number of nitrogens with one attached hydrogen (secondary N) is 1. The van der Waals surface area contributed by atoms with Gasteiger partial charge in [0.25, 0.3) is 0 Å². The molecule has 0 spiro atoms. The number of benzene rings is 3. The highest BCUT2D eigenvalue weighted by Gasteiger charge is 2.37. The van der Waals surface area contributed by atoms with Crippen molar-refractivity contribution in [1.29, 1.82) is 0 Å². The van der Waals surface area contributed by atoms with Gasteiger partial charge in [0.2, 0.25) is 0 Å². The van der Waals surface area contributed by atoms with E-state index >= 15 is 0 Å². The number of hydrogen-bond acceptors (Lipinski definition) is 5. The topological polar surface area (TPSA) is 85.1 Å². The zero-order chi connectivity index (χ0) is 26.4. The summed E-state index contributed by atoms with van der Waals surface area (Å²) >= 11 is 0. The number of ether oxygens (including phenoxy) is 2. The number of aromatic nitrogens is 1. The van der Waals surface area contributed by atoms with Crippen molar-refractivity contribution < 1.29 is 36.4 Å². The fourth-order valence-corrected chi connectivity index (χ4v) is 6.28. The van der Waals surface area contributed by atoms with Crippen LogP contribution >= 0.6 is 0 Å². The Bertz CT molecular complexity index is 1560. The number of alkyl halides is 3. The maximum atomic E-state index is 14.0. The minimum atomic E-state index is -4.85. The number of aliphatic hydroxyl groups excluding tert-OH is 1. The first-order valence-corrected chi connectivity index (χ1v) is 12.8. The molecule has 3 aromatic carbocycles. The van der Waals surface area contributed by atoms with E-state index in [-0.39, 0.29) is 23.9 Å². The van der Waals surface area contributed by atoms with Crippen molar-refractivity contribution in [2.24, 2.45) is 4.36 Å². The Morgan fingerprint density at radius 1 is 1.05 bits per heavy atom. The lowest BCUT2D eigenvalue weighted by Gasteiger charge is -2.37. The Hall–Kier alpha value is -3.19. The van der Waals surface area contributed by atoms with Crippen molar-refractivity contribution in [3.05, 3.63) is 72.5 Å². The van der Waals surface area contributed by atoms with Gasteiger partial charge in [0.05, 0.1) is 36.3 Å². The molecule has 7 nitrogen and oxygen atoms in total. The number of nitrogens with zero attached hydrogens (tertiary/aromatic N) is 2. The molecule has 1 aliphatic rings. The van der Waals surface area contributed by atoms with Gasteiger partial charge in [0, 0.05) is 28.9 Å². The monoisotopic (exact) mass is 537 g/mol. The van der Waals surface area contributed by atoms with E-state index in [1.165, 1.54) is 31.3 Å². The minimum absolute atomic E-state index is 0.0191. The molecule has 2 N–H and O–H groups in total. The summed E-state index contributed by atoms with van der Waals surface area (Å²) in [5.41, 5.74) is 1.48. The fourth-order valence-electron chi connectivity index (χ4n) is 4.70. The highest BCUT2D eigenvalue weighted by atomic mass is 32.2. The molecule has 12 heteroatoms. The van der Waals surface area contributed by atoms with Crippen molar-refractivity contribution in [1.82, 2.24) is 9.29 Å². The lowest BCUT2D eigenvalue weighted by Crippen LogP contribution is -2.53. The van der Waals surface area contributed by atoms with Gasteiger partial charge >= 0.3 is 6.36 Å². The third-order valence-electron chi connectivity index (χ3n) is 6.34. The van der Waals surface area contributed by atoms with Crippen LogP contribution in [-0.4, -0.2) is 52.7 Å². The molecule has 196 valence electrons. The highest BCUT2D eigenvalue weighted by Crippen LogP contribution is 2.35. The molecule has 1 saturated heterocycles. The van der Waals surface area contributed by atoms with Crippen LogP contribution in [0.15, 0.2) is 76.0 Å². The van der Waals surface area contributed by atoms with Crippen LogP contribution in [0.5, 0.6) is 5.75 Å². The quantitative estimate of drug-likeness (QED) is 0.359. The molecule has 2 heterocycles. The standard InChI is InChI=1S/C25H23F4N3O4S/c1-30-37(34,17-9-7-16(8-10-17)36-25(27,28)29)31-20-13-35-14-23(24(20)33)32-21-5-3-2-4-18(21)19-12-15(26)6-11-22(19)32/h2-12,20,23-24,33H,13-14H2,1H3,(H,30,31,34). The van der Waals surface area contributed by atoms with Crippen LogP contribution in [0.3, 0.4) is 0 Å². The Kier molecular flexibility index (Phi) is 6.61. The predicted molar refractivity (Wildman–Crippen MR) is 130 cm³/mol. The lowest BCUT2D eigenvalue weighted by atomic mass is 10.0. The molecule has 0 saturated carbocycles. The fraction of sp³-hybridized carbons (Fsp3) is 0.280. The van der Waals surface area contributed by atoms with Gasteiger partial charge in [-0.25, -0.2) is 17.7 Å². The van der Waals surface area contributed by atoms with Crippen molar-refractivity contribution in [2.45, 2.75) is 29.4 Å². The number of fused-ring (bicyclic) bond motifs is 3. The SMILES string of the molecule is CN=S(=O)(NC1COCC(n2c3ccccc3c3cc(F)ccc32)C1O)c1ccc(OC(F)(F)F)cc1. The van der Waals surface area contributed by atoms with Gasteiger partial charge in [-0.15, -0.1) is 13.2 Å². The Balaban J connectivity index is 1.46. The van der Waals surface area contributed by atoms with Gasteiger partial charge < -0.3 is 19.1 Å². The summed E-state index contributed by atoms with van der Waals surface area (Å²) in [7, 11) is -2.03. The van der Waals surface area contributed by atoms with Crippen LogP contribution in [0.2, 0.25) is 0 Å². The normalized spacial score (nSPS) is 22.2. The zero-order valence-electron chi connectivity index (χ0n) is 19.5. The summed E-state index contributed by atoms with van der Waals surface area (Å²) in [6, 6.07) is 14.9. The first-order chi connectivity index (χ1) is 17.6. The van der Waals surface area contributed by atoms with Crippen LogP contribution < -0.4 is 9.46 Å². The molecule has 1 fully saturated rings. The van der Waals surface area contributed by atoms with Crippen LogP contribution in [-0.2, 0) is 14.7 Å². The van der Waals surface area contributed by atoms with Gasteiger partial charge in [-0.05, 0) is 48.5 Å². The molecule has 1 aromatic heterocycles. The summed E-state index contributed by atoms with van der Waals surface area (Å²) in [5, 5.41) is 12.9. The van der Waals surface area contributed by atoms with Gasteiger partial charge in [0.1, 0.15) is 21.5 Å². The van der Waals surface area contributed by atoms with E-state index < -0.39 is 40.2 Å². The second kappa shape index (κ2) is 9.60. The van der Waals surface area contributed by atoms with Gasteiger partial charge in [-0.1, -0.05) is 18.2 Å². The van der Waals surface area contributed by atoms with Crippen LogP contribution in [0.25, 0.3) is 21.8 Å². The van der Waals surface area contributed by atoms with E-state index in [1.54, 1.807) is 6.07 Å². The Morgan fingerprint density at radius 3 is 2.46 bits per heavy atom. The maximum absolute atomic E-state index is 14.0. The van der Waals surface area contributed by atoms with Crippen LogP contribution in [0.1, 0.15) is 6.04 Å². The Labute approximate surface area is 209 Å². The van der Waals surface area contributed by atoms with Crippen molar-refractivity contribution in [3.63, 3.8) is 0 Å². The van der Waals surface area contributed by atoms with Crippen molar-refractivity contribution in [2.75, 3.05) is 20.3 Å². The predicted octanol–water partition coefficient (Wildman–Crippen LogP) is 4.79. The minimum Gasteiger partial charge on any atom is -0.406 e. The van der Waals surface area contributed by atoms with Crippen LogP contribution in [0, 0.1) is 5.82 Å². The molecule has 0 bridgehead atoms. The molecule has 0 aliphatic carbocycles. The van der Waals surface area contributed by atoms with E-state index in [4.69, 9.17) is 4.74 Å². The van der Waals surface area contributed by atoms with Crippen molar-refractivity contribution >= 4 is 31.7 Å². The second-order valence-corrected chi connectivity index (χ2v) is 10.7. The van der Waals surface area contributed by atoms with Crippen molar-refractivity contribution in [3.8, 4) is 5.75 Å². The average molecular weight is 538 g/mol. The van der Waals surface area contributed by atoms with Gasteiger partial charge in [0.15, 0.2) is 0 Å². The number of hydrogen-bond donors (Lipinski definition) is 2. The third-order valence-corrected chi connectivity index (χ3v) is 8.39. The smallest absolute Gasteiger partial charge is 0.406 e. The van der Waals surface area contributed by atoms with E-state index in [0.717, 1.165) is 23.0 Å². The largest absolute Gasteiger partial charge is 0.573 e. The van der Waals surface area contributed by atoms with E-state index in [1.807, 2.05) is 28.8 Å². The van der Waals surface area contributed by atoms with E-state index in [0.29, 0.717) is 10.9 Å². The molecule has 4 aromatic rings. The summed E-state index contributed by atoms with van der Waals surface area (Å²) < 4.78 is 83.5. The first-order valence-electron chi connectivity index (χ1n) is 11.3. The number of aliphatic hydroxyl groups is 1. The molecule has 37 heavy (non-hydrogen) atoms. The third kappa shape index (κ3) is 4.89. The Morgan fingerprint density at radius 2 is 1.76 bits per heavy atom. The van der Waals surface area contributed by atoms with Gasteiger partial charge in [-0.3, -0.25) is 0 Å². The molecule has 5 rings (SSSR count). The zero-order valence-corrected chi connectivity index (χ0v) is 20.3. The summed E-state index contributed by atoms with van der Waals surface area (Å²) in [6.07, 6.45) is -5.94. The van der Waals surface area contributed by atoms with E-state index in [9.17, 15) is 26.9 Å². The number of rotatable bonds is 5. The molecule has 4 atom stereocenters. The molecule has 4 unspecified atom stereocenters. The summed E-state index contributed by atoms with van der Waals surface area (Å²) in [6.45, 7) is 0.170. The molecule has 0 radical (unpaired) electrons. The van der Waals surface area contributed by atoms with Gasteiger partial charge in [-0.2, -0.15) is 0 Å². The first kappa shape index (κ1) is 25.5. The molecule has 0 amide bonds. The number of para-hydroxylation sites is 1. The lowest BCUT2D eigenvalue weighted by molar-refractivity contribution is -0.274. The number of halogens is 4. The van der Waals surface area contributed by atoms with E-state index in [2.05, 4.69) is 13.8 Å². The second-order valence-electron chi connectivity index (χ2n) is 8.60.